The lowest BCUT2D eigenvalue weighted by molar-refractivity contribution is -0.125. The Labute approximate surface area is 130 Å². The van der Waals surface area contributed by atoms with Gasteiger partial charge in [-0.05, 0) is 24.8 Å². The molecule has 0 aliphatic heterocycles. The van der Waals surface area contributed by atoms with E-state index in [1.807, 2.05) is 24.4 Å². The molecule has 0 fully saturated rings. The number of amides is 1. The van der Waals surface area contributed by atoms with E-state index in [1.165, 1.54) is 18.4 Å². The Kier molecular flexibility index (Phi) is 4.53. The second-order valence-corrected chi connectivity index (χ2v) is 5.64. The van der Waals surface area contributed by atoms with Crippen LogP contribution in [0.3, 0.4) is 0 Å². The van der Waals surface area contributed by atoms with Crippen molar-refractivity contribution in [3.63, 3.8) is 0 Å². The zero-order valence-corrected chi connectivity index (χ0v) is 12.8. The van der Waals surface area contributed by atoms with Gasteiger partial charge in [0, 0.05) is 18.4 Å². The Bertz CT molecular complexity index is 637. The van der Waals surface area contributed by atoms with Crippen molar-refractivity contribution in [3.05, 3.63) is 53.3 Å². The molecular weight excluding hydrogens is 278 g/mol. The molecule has 1 aromatic carbocycles. The molecule has 0 saturated carbocycles. The molecule has 1 aromatic heterocycles. The van der Waals surface area contributed by atoms with E-state index < -0.39 is 0 Å². The van der Waals surface area contributed by atoms with E-state index in [2.05, 4.69) is 27.2 Å². The largest absolute Gasteiger partial charge is 0.375 e. The van der Waals surface area contributed by atoms with Crippen LogP contribution in [-0.4, -0.2) is 29.4 Å². The van der Waals surface area contributed by atoms with Crippen molar-refractivity contribution in [2.45, 2.75) is 31.8 Å². The standard InChI is InChI=1S/C17H21N3O2/c1-22-12-17(21)19-15-8-5-9-16-14(15)10-18-20(16)11-13-6-3-2-4-7-13/h2-4,6-7,10,15H,5,8-9,11-12H2,1H3,(H,19,21)/t15-/m1/s1. The predicted molar refractivity (Wildman–Crippen MR) is 83.5 cm³/mol. The highest BCUT2D eigenvalue weighted by Crippen LogP contribution is 2.29. The Balaban J connectivity index is 1.77. The summed E-state index contributed by atoms with van der Waals surface area (Å²) in [6.45, 7) is 0.874. The van der Waals surface area contributed by atoms with Gasteiger partial charge in [-0.15, -0.1) is 0 Å². The Hall–Kier alpha value is -2.14. The van der Waals surface area contributed by atoms with E-state index in [4.69, 9.17) is 4.74 Å². The van der Waals surface area contributed by atoms with Gasteiger partial charge in [-0.25, -0.2) is 0 Å². The SMILES string of the molecule is COCC(=O)N[C@@H]1CCCc2c1cnn2Cc1ccccc1. The van der Waals surface area contributed by atoms with Gasteiger partial charge in [0.05, 0.1) is 18.8 Å². The quantitative estimate of drug-likeness (QED) is 0.919. The molecule has 0 bridgehead atoms. The first-order valence-electron chi connectivity index (χ1n) is 7.64. The summed E-state index contributed by atoms with van der Waals surface area (Å²) in [7, 11) is 1.53. The maximum absolute atomic E-state index is 11.8. The monoisotopic (exact) mass is 299 g/mol. The average Bonchev–Trinajstić information content (AvgIpc) is 2.93. The summed E-state index contributed by atoms with van der Waals surface area (Å²) in [6, 6.07) is 10.4. The lowest BCUT2D eigenvalue weighted by Crippen LogP contribution is -2.33. The van der Waals surface area contributed by atoms with Crippen molar-refractivity contribution in [2.75, 3.05) is 13.7 Å². The number of ether oxygens (including phenoxy) is 1. The van der Waals surface area contributed by atoms with E-state index in [1.54, 1.807) is 0 Å². The van der Waals surface area contributed by atoms with Gasteiger partial charge < -0.3 is 10.1 Å². The number of hydrogen-bond acceptors (Lipinski definition) is 3. The van der Waals surface area contributed by atoms with Crippen LogP contribution < -0.4 is 5.32 Å². The average molecular weight is 299 g/mol. The van der Waals surface area contributed by atoms with E-state index in [-0.39, 0.29) is 18.6 Å². The van der Waals surface area contributed by atoms with Crippen LogP contribution in [0.4, 0.5) is 0 Å². The van der Waals surface area contributed by atoms with Crippen molar-refractivity contribution < 1.29 is 9.53 Å². The van der Waals surface area contributed by atoms with E-state index in [0.29, 0.717) is 0 Å². The van der Waals surface area contributed by atoms with Gasteiger partial charge in [-0.2, -0.15) is 5.10 Å². The molecule has 0 unspecified atom stereocenters. The van der Waals surface area contributed by atoms with Crippen molar-refractivity contribution in [1.82, 2.24) is 15.1 Å². The van der Waals surface area contributed by atoms with Crippen LogP contribution in [0.15, 0.2) is 36.5 Å². The highest BCUT2D eigenvalue weighted by atomic mass is 16.5. The molecule has 1 atom stereocenters. The third-order valence-corrected chi connectivity index (χ3v) is 4.05. The fraction of sp³-hybridized carbons (Fsp3) is 0.412. The molecule has 0 radical (unpaired) electrons. The molecule has 1 aliphatic carbocycles. The van der Waals surface area contributed by atoms with Gasteiger partial charge in [0.15, 0.2) is 0 Å². The number of rotatable bonds is 5. The lowest BCUT2D eigenvalue weighted by atomic mass is 9.93. The molecule has 5 heteroatoms. The number of benzene rings is 1. The second kappa shape index (κ2) is 6.75. The number of methoxy groups -OCH3 is 1. The first-order valence-corrected chi connectivity index (χ1v) is 7.64. The van der Waals surface area contributed by atoms with Crippen LogP contribution in [0.25, 0.3) is 0 Å². The van der Waals surface area contributed by atoms with Crippen LogP contribution in [0, 0.1) is 0 Å². The summed E-state index contributed by atoms with van der Waals surface area (Å²) in [5.41, 5.74) is 3.61. The summed E-state index contributed by atoms with van der Waals surface area (Å²) in [5.74, 6) is -0.0730. The van der Waals surface area contributed by atoms with Gasteiger partial charge in [0.1, 0.15) is 6.61 Å². The number of aromatic nitrogens is 2. The summed E-state index contributed by atoms with van der Waals surface area (Å²) >= 11 is 0. The van der Waals surface area contributed by atoms with Crippen LogP contribution in [0.5, 0.6) is 0 Å². The first kappa shape index (κ1) is 14.8. The maximum Gasteiger partial charge on any atom is 0.246 e. The molecule has 1 amide bonds. The minimum Gasteiger partial charge on any atom is -0.375 e. The Morgan fingerprint density at radius 3 is 3.00 bits per heavy atom. The smallest absolute Gasteiger partial charge is 0.246 e. The molecule has 1 aliphatic rings. The van der Waals surface area contributed by atoms with Gasteiger partial charge >= 0.3 is 0 Å². The summed E-state index contributed by atoms with van der Waals surface area (Å²) in [4.78, 5) is 11.8. The zero-order valence-electron chi connectivity index (χ0n) is 12.8. The third-order valence-electron chi connectivity index (χ3n) is 4.05. The van der Waals surface area contributed by atoms with E-state index in [0.717, 1.165) is 31.4 Å². The van der Waals surface area contributed by atoms with Crippen molar-refractivity contribution >= 4 is 5.91 Å². The summed E-state index contributed by atoms with van der Waals surface area (Å²) in [6.07, 6.45) is 4.93. The fourth-order valence-corrected chi connectivity index (χ4v) is 3.03. The van der Waals surface area contributed by atoms with Crippen molar-refractivity contribution in [3.8, 4) is 0 Å². The second-order valence-electron chi connectivity index (χ2n) is 5.64. The van der Waals surface area contributed by atoms with E-state index in [9.17, 15) is 4.79 Å². The number of nitrogens with one attached hydrogen (secondary N) is 1. The highest BCUT2D eigenvalue weighted by Gasteiger charge is 2.25. The Morgan fingerprint density at radius 2 is 2.23 bits per heavy atom. The number of fused-ring (bicyclic) bond motifs is 1. The number of hydrogen-bond donors (Lipinski definition) is 1. The molecule has 3 rings (SSSR count). The van der Waals surface area contributed by atoms with Gasteiger partial charge in [-0.1, -0.05) is 30.3 Å². The van der Waals surface area contributed by atoms with Crippen molar-refractivity contribution in [2.24, 2.45) is 0 Å². The molecule has 116 valence electrons. The molecule has 0 saturated heterocycles. The molecule has 2 aromatic rings. The fourth-order valence-electron chi connectivity index (χ4n) is 3.03. The zero-order chi connectivity index (χ0) is 15.4. The summed E-state index contributed by atoms with van der Waals surface area (Å²) in [5, 5.41) is 7.57. The van der Waals surface area contributed by atoms with E-state index >= 15 is 0 Å². The van der Waals surface area contributed by atoms with Gasteiger partial charge in [0.25, 0.3) is 0 Å². The van der Waals surface area contributed by atoms with Crippen LogP contribution in [0.1, 0.15) is 35.7 Å². The number of nitrogens with zero attached hydrogens (tertiary/aromatic N) is 2. The minimum absolute atomic E-state index is 0.0518. The summed E-state index contributed by atoms with van der Waals surface area (Å²) < 4.78 is 6.94. The Morgan fingerprint density at radius 1 is 1.41 bits per heavy atom. The lowest BCUT2D eigenvalue weighted by Gasteiger charge is -2.24. The molecule has 0 spiro atoms. The topological polar surface area (TPSA) is 56.1 Å². The van der Waals surface area contributed by atoms with Gasteiger partial charge in [0.2, 0.25) is 5.91 Å². The molecule has 5 nitrogen and oxygen atoms in total. The first-order chi connectivity index (χ1) is 10.8. The predicted octanol–water partition coefficient (Wildman–Crippen LogP) is 2.07. The normalized spacial score (nSPS) is 17.0. The van der Waals surface area contributed by atoms with Crippen LogP contribution in [0.2, 0.25) is 0 Å². The minimum atomic E-state index is -0.0730. The molecule has 1 N–H and O–H groups in total. The number of carbonyl (C=O) groups excluding carboxylic acids is 1. The van der Waals surface area contributed by atoms with Crippen LogP contribution >= 0.6 is 0 Å². The molecular formula is C17H21N3O2. The number of carbonyl (C=O) groups is 1. The van der Waals surface area contributed by atoms with Crippen molar-refractivity contribution in [1.29, 1.82) is 0 Å². The third kappa shape index (κ3) is 3.20. The molecule has 22 heavy (non-hydrogen) atoms. The maximum atomic E-state index is 11.8. The van der Waals surface area contributed by atoms with Crippen LogP contribution in [-0.2, 0) is 22.5 Å². The van der Waals surface area contributed by atoms with Gasteiger partial charge in [-0.3, -0.25) is 9.48 Å². The highest BCUT2D eigenvalue weighted by molar-refractivity contribution is 5.77. The molecule has 1 heterocycles.